The molecule has 0 amide bonds. The van der Waals surface area contributed by atoms with E-state index in [2.05, 4.69) is 5.32 Å². The van der Waals surface area contributed by atoms with Crippen LogP contribution in [0.3, 0.4) is 0 Å². The van der Waals surface area contributed by atoms with Crippen LogP contribution >= 0.6 is 0 Å². The Morgan fingerprint density at radius 2 is 2.17 bits per heavy atom. The highest BCUT2D eigenvalue weighted by Gasteiger charge is 2.10. The van der Waals surface area contributed by atoms with E-state index in [0.29, 0.717) is 32.1 Å². The summed E-state index contributed by atoms with van der Waals surface area (Å²) < 4.78 is 22.9. The Morgan fingerprint density at radius 1 is 1.39 bits per heavy atom. The first kappa shape index (κ1) is 14.4. The predicted molar refractivity (Wildman–Crippen MR) is 64.5 cm³/mol. The second-order valence-corrected chi connectivity index (χ2v) is 3.53. The summed E-state index contributed by atoms with van der Waals surface area (Å²) in [6, 6.07) is 3.59. The van der Waals surface area contributed by atoms with E-state index in [1.54, 1.807) is 7.11 Å². The highest BCUT2D eigenvalue weighted by molar-refractivity contribution is 5.94. The smallest absolute Gasteiger partial charge is 0.337 e. The molecule has 0 saturated heterocycles. The zero-order valence-electron chi connectivity index (χ0n) is 10.1. The van der Waals surface area contributed by atoms with Crippen LogP contribution in [0.4, 0.5) is 10.1 Å². The van der Waals surface area contributed by atoms with Crippen LogP contribution in [-0.2, 0) is 9.47 Å². The molecule has 100 valence electrons. The van der Waals surface area contributed by atoms with Crippen LogP contribution in [0.15, 0.2) is 18.2 Å². The molecule has 0 aliphatic heterocycles. The van der Waals surface area contributed by atoms with Gasteiger partial charge in [0.25, 0.3) is 0 Å². The minimum absolute atomic E-state index is 0.0908. The van der Waals surface area contributed by atoms with Crippen LogP contribution < -0.4 is 5.32 Å². The number of hydrogen-bond donors (Lipinski definition) is 2. The van der Waals surface area contributed by atoms with Crippen LogP contribution in [0.25, 0.3) is 0 Å². The fourth-order valence-corrected chi connectivity index (χ4v) is 1.35. The summed E-state index contributed by atoms with van der Waals surface area (Å²) in [4.78, 5) is 10.9. The zero-order chi connectivity index (χ0) is 13.4. The van der Waals surface area contributed by atoms with E-state index in [9.17, 15) is 9.18 Å². The van der Waals surface area contributed by atoms with E-state index < -0.39 is 11.8 Å². The van der Waals surface area contributed by atoms with Crippen molar-refractivity contribution in [1.82, 2.24) is 0 Å². The quantitative estimate of drug-likeness (QED) is 0.692. The van der Waals surface area contributed by atoms with Crippen molar-refractivity contribution in [3.05, 3.63) is 29.6 Å². The molecule has 0 radical (unpaired) electrons. The van der Waals surface area contributed by atoms with Gasteiger partial charge in [-0.1, -0.05) is 0 Å². The molecule has 5 nitrogen and oxygen atoms in total. The average molecular weight is 257 g/mol. The van der Waals surface area contributed by atoms with Gasteiger partial charge in [0.1, 0.15) is 5.82 Å². The summed E-state index contributed by atoms with van der Waals surface area (Å²) in [6.45, 7) is 1.85. The van der Waals surface area contributed by atoms with Crippen molar-refractivity contribution in [3.63, 3.8) is 0 Å². The van der Waals surface area contributed by atoms with Gasteiger partial charge in [-0.15, -0.1) is 0 Å². The van der Waals surface area contributed by atoms with Gasteiger partial charge in [-0.2, -0.15) is 0 Å². The van der Waals surface area contributed by atoms with Crippen LogP contribution in [0.2, 0.25) is 0 Å². The van der Waals surface area contributed by atoms with Crippen molar-refractivity contribution in [2.45, 2.75) is 0 Å². The molecular formula is C12H16FNO4. The summed E-state index contributed by atoms with van der Waals surface area (Å²) in [6.07, 6.45) is 0. The topological polar surface area (TPSA) is 67.8 Å². The Bertz CT molecular complexity index is 398. The lowest BCUT2D eigenvalue weighted by molar-refractivity contribution is 0.0696. The van der Waals surface area contributed by atoms with Crippen molar-refractivity contribution in [1.29, 1.82) is 0 Å². The van der Waals surface area contributed by atoms with Crippen molar-refractivity contribution >= 4 is 11.7 Å². The number of benzene rings is 1. The predicted octanol–water partition coefficient (Wildman–Crippen LogP) is 1.60. The molecule has 0 bridgehead atoms. The molecule has 0 fully saturated rings. The molecular weight excluding hydrogens is 241 g/mol. The summed E-state index contributed by atoms with van der Waals surface area (Å²) in [7, 11) is 1.58. The minimum Gasteiger partial charge on any atom is -0.478 e. The van der Waals surface area contributed by atoms with Gasteiger partial charge in [0, 0.05) is 19.3 Å². The first-order valence-corrected chi connectivity index (χ1v) is 5.48. The minimum atomic E-state index is -1.17. The van der Waals surface area contributed by atoms with Crippen LogP contribution in [0.5, 0.6) is 0 Å². The molecule has 0 spiro atoms. The number of methoxy groups -OCH3 is 1. The second kappa shape index (κ2) is 7.62. The first-order chi connectivity index (χ1) is 8.65. The van der Waals surface area contributed by atoms with E-state index in [4.69, 9.17) is 14.6 Å². The Balaban J connectivity index is 2.44. The molecule has 0 aliphatic carbocycles. The molecule has 0 unspecified atom stereocenters. The largest absolute Gasteiger partial charge is 0.478 e. The number of carbonyl (C=O) groups is 1. The lowest BCUT2D eigenvalue weighted by atomic mass is 10.1. The summed E-state index contributed by atoms with van der Waals surface area (Å²) >= 11 is 0. The van der Waals surface area contributed by atoms with Crippen LogP contribution in [0, 0.1) is 5.82 Å². The molecule has 1 rings (SSSR count). The Labute approximate surface area is 105 Å². The Morgan fingerprint density at radius 3 is 2.83 bits per heavy atom. The van der Waals surface area contributed by atoms with E-state index in [0.717, 1.165) is 6.07 Å². The van der Waals surface area contributed by atoms with E-state index in [1.807, 2.05) is 0 Å². The van der Waals surface area contributed by atoms with Crippen molar-refractivity contribution in [2.75, 3.05) is 38.8 Å². The fraction of sp³-hybridized carbons (Fsp3) is 0.417. The van der Waals surface area contributed by atoms with Crippen LogP contribution in [0.1, 0.15) is 10.4 Å². The van der Waals surface area contributed by atoms with E-state index in [-0.39, 0.29) is 5.56 Å². The third-order valence-electron chi connectivity index (χ3n) is 2.21. The van der Waals surface area contributed by atoms with Gasteiger partial charge in [-0.3, -0.25) is 0 Å². The fourth-order valence-electron chi connectivity index (χ4n) is 1.35. The van der Waals surface area contributed by atoms with Gasteiger partial charge in [-0.25, -0.2) is 9.18 Å². The number of carboxylic acids is 1. The molecule has 0 heterocycles. The highest BCUT2D eigenvalue weighted by Crippen LogP contribution is 2.16. The number of nitrogens with one attached hydrogen (secondary N) is 1. The van der Waals surface area contributed by atoms with Gasteiger partial charge in [-0.05, 0) is 18.2 Å². The maximum atomic E-state index is 12.9. The summed E-state index contributed by atoms with van der Waals surface area (Å²) in [5.74, 6) is -1.74. The molecule has 2 N–H and O–H groups in total. The van der Waals surface area contributed by atoms with Gasteiger partial charge < -0.3 is 19.9 Å². The lowest BCUT2D eigenvalue weighted by Gasteiger charge is -2.10. The molecule has 0 atom stereocenters. The maximum Gasteiger partial charge on any atom is 0.337 e. The molecule has 0 saturated carbocycles. The van der Waals surface area contributed by atoms with Gasteiger partial charge >= 0.3 is 5.97 Å². The monoisotopic (exact) mass is 257 g/mol. The standard InChI is InChI=1S/C12H16FNO4/c1-17-6-7-18-5-4-14-11-3-2-9(13)8-10(11)12(15)16/h2-3,8,14H,4-7H2,1H3,(H,15,16). The number of ether oxygens (including phenoxy) is 2. The van der Waals surface area contributed by atoms with Gasteiger partial charge in [0.2, 0.25) is 0 Å². The van der Waals surface area contributed by atoms with Gasteiger partial charge in [0.15, 0.2) is 0 Å². The Kier molecular flexibility index (Phi) is 6.10. The second-order valence-electron chi connectivity index (χ2n) is 3.53. The van der Waals surface area contributed by atoms with Gasteiger partial charge in [0.05, 0.1) is 25.4 Å². The zero-order valence-corrected chi connectivity index (χ0v) is 10.1. The maximum absolute atomic E-state index is 12.9. The summed E-state index contributed by atoms with van der Waals surface area (Å²) in [5.41, 5.74) is 0.283. The summed E-state index contributed by atoms with van der Waals surface area (Å²) in [5, 5.41) is 11.8. The van der Waals surface area contributed by atoms with Crippen molar-refractivity contribution < 1.29 is 23.8 Å². The average Bonchev–Trinajstić information content (AvgIpc) is 2.35. The Hall–Kier alpha value is -1.66. The molecule has 1 aromatic rings. The molecule has 18 heavy (non-hydrogen) atoms. The first-order valence-electron chi connectivity index (χ1n) is 5.48. The number of aromatic carboxylic acids is 1. The number of halogens is 1. The number of carboxylic acid groups (broad SMARTS) is 1. The number of anilines is 1. The SMILES string of the molecule is COCCOCCNc1ccc(F)cc1C(=O)O. The van der Waals surface area contributed by atoms with Crippen molar-refractivity contribution in [2.24, 2.45) is 0 Å². The number of rotatable bonds is 8. The van der Waals surface area contributed by atoms with Crippen molar-refractivity contribution in [3.8, 4) is 0 Å². The normalized spacial score (nSPS) is 10.3. The third kappa shape index (κ3) is 4.68. The van der Waals surface area contributed by atoms with Crippen LogP contribution in [-0.4, -0.2) is 44.6 Å². The lowest BCUT2D eigenvalue weighted by Crippen LogP contribution is -2.14. The highest BCUT2D eigenvalue weighted by atomic mass is 19.1. The van der Waals surface area contributed by atoms with E-state index in [1.165, 1.54) is 12.1 Å². The molecule has 0 aromatic heterocycles. The van der Waals surface area contributed by atoms with E-state index >= 15 is 0 Å². The third-order valence-corrected chi connectivity index (χ3v) is 2.21. The molecule has 0 aliphatic rings. The molecule has 1 aromatic carbocycles. The molecule has 6 heteroatoms. The number of hydrogen-bond acceptors (Lipinski definition) is 4.